The first-order valence-electron chi connectivity index (χ1n) is 8.34. The van der Waals surface area contributed by atoms with Crippen molar-refractivity contribution in [3.63, 3.8) is 0 Å². The third-order valence-corrected chi connectivity index (χ3v) is 4.36. The number of anilines is 1. The number of carbonyl (C=O) groups is 1. The van der Waals surface area contributed by atoms with E-state index in [0.29, 0.717) is 11.6 Å². The third-order valence-electron chi connectivity index (χ3n) is 4.36. The number of nitrogens with zero attached hydrogens (tertiary/aromatic N) is 2. The minimum absolute atomic E-state index is 0.350. The minimum Gasteiger partial charge on any atom is -0.402 e. The van der Waals surface area contributed by atoms with Crippen LogP contribution in [0.25, 0.3) is 6.08 Å². The molecule has 0 saturated carbocycles. The van der Waals surface area contributed by atoms with E-state index in [9.17, 15) is 4.79 Å². The van der Waals surface area contributed by atoms with Crippen LogP contribution < -0.4 is 4.90 Å². The van der Waals surface area contributed by atoms with Crippen molar-refractivity contribution in [1.82, 2.24) is 0 Å². The van der Waals surface area contributed by atoms with E-state index in [1.807, 2.05) is 42.5 Å². The molecule has 0 bridgehead atoms. The van der Waals surface area contributed by atoms with E-state index in [1.165, 1.54) is 5.56 Å². The van der Waals surface area contributed by atoms with Crippen molar-refractivity contribution < 1.29 is 9.53 Å². The normalized spacial score (nSPS) is 18.9. The summed E-state index contributed by atoms with van der Waals surface area (Å²) in [6.45, 7) is 4.87. The Morgan fingerprint density at radius 1 is 1.08 bits per heavy atom. The van der Waals surface area contributed by atoms with Crippen LogP contribution in [0.2, 0.25) is 0 Å². The van der Waals surface area contributed by atoms with Crippen LogP contribution >= 0.6 is 0 Å². The van der Waals surface area contributed by atoms with Crippen molar-refractivity contribution in [2.24, 2.45) is 4.99 Å². The Bertz CT molecular complexity index is 940. The highest BCUT2D eigenvalue weighted by Gasteiger charge is 2.30. The molecule has 0 fully saturated rings. The number of ether oxygens (including phenoxy) is 1. The predicted molar refractivity (Wildman–Crippen MR) is 99.3 cm³/mol. The van der Waals surface area contributed by atoms with Gasteiger partial charge in [-0.3, -0.25) is 0 Å². The molecule has 0 atom stereocenters. The van der Waals surface area contributed by atoms with Gasteiger partial charge in [0.15, 0.2) is 5.70 Å². The highest BCUT2D eigenvalue weighted by Crippen LogP contribution is 2.34. The molecule has 0 spiro atoms. The van der Waals surface area contributed by atoms with Crippen LogP contribution in [-0.4, -0.2) is 18.4 Å². The summed E-state index contributed by atoms with van der Waals surface area (Å²) < 4.78 is 5.41. The number of aliphatic imine (C=N–C) groups is 1. The lowest BCUT2D eigenvalue weighted by atomic mass is 10.0. The van der Waals surface area contributed by atoms with Gasteiger partial charge in [0.25, 0.3) is 0 Å². The fraction of sp³-hybridized carbons (Fsp3) is 0.143. The van der Waals surface area contributed by atoms with Crippen LogP contribution in [0.4, 0.5) is 5.69 Å². The lowest BCUT2D eigenvalue weighted by Gasteiger charge is -2.29. The molecule has 25 heavy (non-hydrogen) atoms. The molecule has 0 radical (unpaired) electrons. The molecule has 0 N–H and O–H groups in total. The zero-order chi connectivity index (χ0) is 17.4. The monoisotopic (exact) mass is 330 g/mol. The van der Waals surface area contributed by atoms with E-state index in [-0.39, 0.29) is 0 Å². The highest BCUT2D eigenvalue weighted by atomic mass is 16.6. The van der Waals surface area contributed by atoms with Crippen LogP contribution in [0.1, 0.15) is 23.6 Å². The molecular weight excluding hydrogens is 312 g/mol. The van der Waals surface area contributed by atoms with Crippen molar-refractivity contribution in [2.75, 3.05) is 11.4 Å². The number of hydrogen-bond donors (Lipinski definition) is 0. The Morgan fingerprint density at radius 2 is 1.88 bits per heavy atom. The Hall–Kier alpha value is -3.14. The van der Waals surface area contributed by atoms with E-state index in [1.54, 1.807) is 0 Å². The summed E-state index contributed by atoms with van der Waals surface area (Å²) in [7, 11) is 0. The molecule has 4 heteroatoms. The summed E-state index contributed by atoms with van der Waals surface area (Å²) in [5.41, 5.74) is 5.35. The van der Waals surface area contributed by atoms with Gasteiger partial charge >= 0.3 is 5.97 Å². The molecule has 2 aromatic rings. The minimum atomic E-state index is -0.410. The van der Waals surface area contributed by atoms with E-state index >= 15 is 0 Å². The highest BCUT2D eigenvalue weighted by molar-refractivity contribution is 6.12. The molecule has 2 aliphatic heterocycles. The molecule has 0 aromatic heterocycles. The second-order valence-electron chi connectivity index (χ2n) is 6.05. The van der Waals surface area contributed by atoms with Crippen molar-refractivity contribution in [3.8, 4) is 0 Å². The lowest BCUT2D eigenvalue weighted by molar-refractivity contribution is -0.130. The van der Waals surface area contributed by atoms with E-state index in [0.717, 1.165) is 29.1 Å². The molecule has 0 amide bonds. The fourth-order valence-corrected chi connectivity index (χ4v) is 3.16. The van der Waals surface area contributed by atoms with Crippen molar-refractivity contribution in [1.29, 1.82) is 0 Å². The largest absolute Gasteiger partial charge is 0.402 e. The Balaban J connectivity index is 1.81. The van der Waals surface area contributed by atoms with Gasteiger partial charge in [0, 0.05) is 17.8 Å². The molecule has 0 saturated heterocycles. The van der Waals surface area contributed by atoms with Gasteiger partial charge in [-0.1, -0.05) is 35.9 Å². The number of cyclic esters (lactones) is 1. The Labute approximate surface area is 146 Å². The van der Waals surface area contributed by atoms with Gasteiger partial charge in [0.1, 0.15) is 0 Å². The number of hydrogen-bond acceptors (Lipinski definition) is 4. The van der Waals surface area contributed by atoms with Crippen LogP contribution in [0.5, 0.6) is 0 Å². The first-order chi connectivity index (χ1) is 12.2. The van der Waals surface area contributed by atoms with Gasteiger partial charge in [-0.15, -0.1) is 0 Å². The topological polar surface area (TPSA) is 41.9 Å². The summed E-state index contributed by atoms with van der Waals surface area (Å²) >= 11 is 0. The van der Waals surface area contributed by atoms with Gasteiger partial charge in [0.05, 0.1) is 5.70 Å². The number of fused-ring (bicyclic) bond motifs is 1. The molecule has 2 aromatic carbocycles. The zero-order valence-corrected chi connectivity index (χ0v) is 14.2. The summed E-state index contributed by atoms with van der Waals surface area (Å²) in [6.07, 6.45) is 3.97. The molecular formula is C21H18N2O2. The summed E-state index contributed by atoms with van der Waals surface area (Å²) in [6, 6.07) is 15.8. The smallest absolute Gasteiger partial charge is 0.366 e. The Morgan fingerprint density at radius 3 is 2.64 bits per heavy atom. The van der Waals surface area contributed by atoms with Gasteiger partial charge in [-0.05, 0) is 49.8 Å². The van der Waals surface area contributed by atoms with E-state index in [2.05, 4.69) is 41.9 Å². The maximum atomic E-state index is 12.4. The number of aryl methyl sites for hydroxylation is 1. The fourth-order valence-electron chi connectivity index (χ4n) is 3.16. The number of carbonyl (C=O) groups excluding carboxylic acids is 1. The van der Waals surface area contributed by atoms with Gasteiger partial charge < -0.3 is 9.64 Å². The maximum Gasteiger partial charge on any atom is 0.366 e. The summed E-state index contributed by atoms with van der Waals surface area (Å²) in [5, 5.41) is 0. The first-order valence-corrected chi connectivity index (χ1v) is 8.34. The van der Waals surface area contributed by atoms with Crippen LogP contribution in [0.15, 0.2) is 71.0 Å². The van der Waals surface area contributed by atoms with Crippen molar-refractivity contribution >= 4 is 23.6 Å². The maximum absolute atomic E-state index is 12.4. The summed E-state index contributed by atoms with van der Waals surface area (Å²) in [5.74, 6) is -0.0558. The number of rotatable bonds is 2. The van der Waals surface area contributed by atoms with Gasteiger partial charge in [-0.25, -0.2) is 9.79 Å². The average Bonchev–Trinajstić information content (AvgIpc) is 3.03. The molecule has 2 heterocycles. The number of esters is 1. The lowest BCUT2D eigenvalue weighted by Crippen LogP contribution is -2.26. The number of likely N-dealkylation sites (N-methyl/N-ethyl adjacent to an activating group) is 1. The molecule has 0 unspecified atom stereocenters. The molecule has 124 valence electrons. The molecule has 2 aliphatic rings. The van der Waals surface area contributed by atoms with Gasteiger partial charge in [0.2, 0.25) is 5.90 Å². The molecule has 4 rings (SSSR count). The van der Waals surface area contributed by atoms with Gasteiger partial charge in [-0.2, -0.15) is 0 Å². The SMILES string of the molecule is CCN1C(=C2N=C(c3ccccc3)OC2=O)C=Cc2cc(C)ccc21. The van der Waals surface area contributed by atoms with Crippen molar-refractivity contribution in [3.05, 3.63) is 82.7 Å². The standard InChI is InChI=1S/C21H18N2O2/c1-3-23-17-11-9-14(2)13-16(17)10-12-18(23)19-21(24)25-20(22-19)15-7-5-4-6-8-15/h4-13H,3H2,1-2H3. The quantitative estimate of drug-likeness (QED) is 0.616. The second-order valence-corrected chi connectivity index (χ2v) is 6.05. The van der Waals surface area contributed by atoms with Crippen LogP contribution in [0.3, 0.4) is 0 Å². The Kier molecular flexibility index (Phi) is 3.73. The predicted octanol–water partition coefficient (Wildman–Crippen LogP) is 4.06. The van der Waals surface area contributed by atoms with E-state index < -0.39 is 5.97 Å². The van der Waals surface area contributed by atoms with Crippen molar-refractivity contribution in [2.45, 2.75) is 13.8 Å². The second kappa shape index (κ2) is 6.06. The summed E-state index contributed by atoms with van der Waals surface area (Å²) in [4.78, 5) is 19.0. The number of benzene rings is 2. The molecule has 4 nitrogen and oxygen atoms in total. The first kappa shape index (κ1) is 15.4. The molecule has 0 aliphatic carbocycles. The number of allylic oxidation sites excluding steroid dienone is 1. The zero-order valence-electron chi connectivity index (χ0n) is 14.2. The van der Waals surface area contributed by atoms with E-state index in [4.69, 9.17) is 4.74 Å². The average molecular weight is 330 g/mol. The van der Waals surface area contributed by atoms with Crippen LogP contribution in [-0.2, 0) is 9.53 Å². The third kappa shape index (κ3) is 2.66. The van der Waals surface area contributed by atoms with Crippen LogP contribution in [0, 0.1) is 6.92 Å².